The molecule has 23 heavy (non-hydrogen) atoms. The van der Waals surface area contributed by atoms with E-state index in [1.807, 2.05) is 36.4 Å². The molecule has 0 spiro atoms. The summed E-state index contributed by atoms with van der Waals surface area (Å²) in [5.41, 5.74) is 2.31. The molecule has 4 nitrogen and oxygen atoms in total. The number of carbonyl (C=O) groups is 1. The zero-order valence-corrected chi connectivity index (χ0v) is 13.2. The molecule has 0 saturated heterocycles. The molecule has 1 heterocycles. The number of carbonyl (C=O) groups excluding carboxylic acids is 1. The first kappa shape index (κ1) is 15.4. The van der Waals surface area contributed by atoms with Gasteiger partial charge in [0, 0.05) is 6.54 Å². The summed E-state index contributed by atoms with van der Waals surface area (Å²) in [6, 6.07) is 15.9. The molecule has 120 valence electrons. The molecule has 1 unspecified atom stereocenters. The highest BCUT2D eigenvalue weighted by Crippen LogP contribution is 2.36. The fourth-order valence-electron chi connectivity index (χ4n) is 2.81. The lowest BCUT2D eigenvalue weighted by atomic mass is 10.0. The quantitative estimate of drug-likeness (QED) is 0.923. The van der Waals surface area contributed by atoms with Gasteiger partial charge < -0.3 is 14.8 Å². The molecule has 0 aromatic heterocycles. The summed E-state index contributed by atoms with van der Waals surface area (Å²) in [4.78, 5) is 12.3. The zero-order valence-electron chi connectivity index (χ0n) is 13.2. The highest BCUT2D eigenvalue weighted by molar-refractivity contribution is 5.81. The Morgan fingerprint density at radius 2 is 2.04 bits per heavy atom. The summed E-state index contributed by atoms with van der Waals surface area (Å²) in [7, 11) is 1.61. The van der Waals surface area contributed by atoms with Crippen molar-refractivity contribution in [3.63, 3.8) is 0 Å². The third kappa shape index (κ3) is 3.65. The van der Waals surface area contributed by atoms with Gasteiger partial charge in [-0.2, -0.15) is 0 Å². The molecule has 1 aliphatic rings. The smallest absolute Gasteiger partial charge is 0.261 e. The van der Waals surface area contributed by atoms with E-state index in [4.69, 9.17) is 9.47 Å². The monoisotopic (exact) mass is 311 g/mol. The van der Waals surface area contributed by atoms with E-state index in [0.717, 1.165) is 18.4 Å². The van der Waals surface area contributed by atoms with E-state index >= 15 is 0 Å². The standard InChI is InChI=1S/C19H21NO3/c1-22-16-9-5-8-15-10-11-17(23-18(15)16)19(21)20-13-12-14-6-3-2-4-7-14/h2-9,17H,10-13H2,1H3,(H,20,21). The van der Waals surface area contributed by atoms with Gasteiger partial charge in [0.2, 0.25) is 0 Å². The highest BCUT2D eigenvalue weighted by Gasteiger charge is 2.27. The van der Waals surface area contributed by atoms with Crippen molar-refractivity contribution in [2.24, 2.45) is 0 Å². The summed E-state index contributed by atoms with van der Waals surface area (Å²) in [6.45, 7) is 0.613. The number of amides is 1. The lowest BCUT2D eigenvalue weighted by molar-refractivity contribution is -0.128. The molecule has 2 aromatic carbocycles. The molecule has 1 atom stereocenters. The van der Waals surface area contributed by atoms with Gasteiger partial charge in [0.15, 0.2) is 17.6 Å². The van der Waals surface area contributed by atoms with E-state index in [1.54, 1.807) is 7.11 Å². The fraction of sp³-hybridized carbons (Fsp3) is 0.316. The SMILES string of the molecule is COc1cccc2c1OC(C(=O)NCCc1ccccc1)CC2. The maximum Gasteiger partial charge on any atom is 0.261 e. The summed E-state index contributed by atoms with van der Waals surface area (Å²) in [5, 5.41) is 2.96. The topological polar surface area (TPSA) is 47.6 Å². The van der Waals surface area contributed by atoms with Crippen LogP contribution >= 0.6 is 0 Å². The highest BCUT2D eigenvalue weighted by atomic mass is 16.5. The predicted octanol–water partition coefficient (Wildman–Crippen LogP) is 2.75. The van der Waals surface area contributed by atoms with Crippen LogP contribution in [0.3, 0.4) is 0 Å². The van der Waals surface area contributed by atoms with Crippen LogP contribution in [0.2, 0.25) is 0 Å². The number of rotatable bonds is 5. The molecular weight excluding hydrogens is 290 g/mol. The first-order valence-corrected chi connectivity index (χ1v) is 7.92. The maximum absolute atomic E-state index is 12.3. The van der Waals surface area contributed by atoms with Crippen molar-refractivity contribution in [2.45, 2.75) is 25.4 Å². The summed E-state index contributed by atoms with van der Waals surface area (Å²) in [5.74, 6) is 1.33. The second kappa shape index (κ2) is 7.18. The molecule has 1 aliphatic heterocycles. The van der Waals surface area contributed by atoms with Gasteiger partial charge in [0.05, 0.1) is 7.11 Å². The number of aryl methyl sites for hydroxylation is 1. The number of fused-ring (bicyclic) bond motifs is 1. The largest absolute Gasteiger partial charge is 0.493 e. The fourth-order valence-corrected chi connectivity index (χ4v) is 2.81. The second-order valence-electron chi connectivity index (χ2n) is 5.62. The minimum atomic E-state index is -0.449. The average Bonchev–Trinajstić information content (AvgIpc) is 2.61. The van der Waals surface area contributed by atoms with Crippen LogP contribution < -0.4 is 14.8 Å². The van der Waals surface area contributed by atoms with Crippen LogP contribution in [0, 0.1) is 0 Å². The Hall–Kier alpha value is -2.49. The molecule has 0 fully saturated rings. The number of nitrogens with one attached hydrogen (secondary N) is 1. The molecular formula is C19H21NO3. The number of hydrogen-bond donors (Lipinski definition) is 1. The number of hydrogen-bond acceptors (Lipinski definition) is 3. The van der Waals surface area contributed by atoms with Gasteiger partial charge in [0.25, 0.3) is 5.91 Å². The van der Waals surface area contributed by atoms with Crippen LogP contribution in [-0.2, 0) is 17.6 Å². The minimum Gasteiger partial charge on any atom is -0.493 e. The van der Waals surface area contributed by atoms with Gasteiger partial charge in [-0.05, 0) is 36.5 Å². The first-order chi connectivity index (χ1) is 11.3. The Morgan fingerprint density at radius 3 is 2.83 bits per heavy atom. The third-order valence-electron chi connectivity index (χ3n) is 4.06. The number of methoxy groups -OCH3 is 1. The van der Waals surface area contributed by atoms with Gasteiger partial charge in [-0.25, -0.2) is 0 Å². The van der Waals surface area contributed by atoms with E-state index in [9.17, 15) is 4.79 Å². The minimum absolute atomic E-state index is 0.0579. The number of benzene rings is 2. The molecule has 0 radical (unpaired) electrons. The van der Waals surface area contributed by atoms with Crippen LogP contribution in [0.5, 0.6) is 11.5 Å². The van der Waals surface area contributed by atoms with Gasteiger partial charge in [-0.15, -0.1) is 0 Å². The molecule has 2 aromatic rings. The van der Waals surface area contributed by atoms with E-state index in [1.165, 1.54) is 5.56 Å². The van der Waals surface area contributed by atoms with Gasteiger partial charge in [-0.3, -0.25) is 4.79 Å². The van der Waals surface area contributed by atoms with Crippen LogP contribution in [0.25, 0.3) is 0 Å². The summed E-state index contributed by atoms with van der Waals surface area (Å²) < 4.78 is 11.2. The van der Waals surface area contributed by atoms with Crippen LogP contribution in [0.15, 0.2) is 48.5 Å². The Labute approximate surface area is 136 Å². The van der Waals surface area contributed by atoms with E-state index in [2.05, 4.69) is 17.4 Å². The van der Waals surface area contributed by atoms with Crippen LogP contribution in [0.4, 0.5) is 0 Å². The van der Waals surface area contributed by atoms with Crippen molar-refractivity contribution in [1.82, 2.24) is 5.32 Å². The van der Waals surface area contributed by atoms with E-state index in [-0.39, 0.29) is 5.91 Å². The average molecular weight is 311 g/mol. The Balaban J connectivity index is 1.56. The van der Waals surface area contributed by atoms with E-state index < -0.39 is 6.10 Å². The lowest BCUT2D eigenvalue weighted by Gasteiger charge is -2.26. The number of ether oxygens (including phenoxy) is 2. The molecule has 1 N–H and O–H groups in total. The van der Waals surface area contributed by atoms with Gasteiger partial charge in [0.1, 0.15) is 0 Å². The summed E-state index contributed by atoms with van der Waals surface area (Å²) >= 11 is 0. The molecule has 3 rings (SSSR count). The number of para-hydroxylation sites is 1. The normalized spacial score (nSPS) is 16.1. The van der Waals surface area contributed by atoms with E-state index in [0.29, 0.717) is 24.5 Å². The van der Waals surface area contributed by atoms with Crippen LogP contribution in [0.1, 0.15) is 17.5 Å². The second-order valence-corrected chi connectivity index (χ2v) is 5.62. The van der Waals surface area contributed by atoms with Gasteiger partial charge >= 0.3 is 0 Å². The van der Waals surface area contributed by atoms with Crippen molar-refractivity contribution in [3.05, 3.63) is 59.7 Å². The van der Waals surface area contributed by atoms with Crippen molar-refractivity contribution < 1.29 is 14.3 Å². The maximum atomic E-state index is 12.3. The Bertz CT molecular complexity index is 655. The molecule has 0 saturated carbocycles. The van der Waals surface area contributed by atoms with Crippen LogP contribution in [-0.4, -0.2) is 25.7 Å². The molecule has 0 aliphatic carbocycles. The molecule has 1 amide bonds. The Kier molecular flexibility index (Phi) is 4.81. The Morgan fingerprint density at radius 1 is 1.22 bits per heavy atom. The van der Waals surface area contributed by atoms with Crippen molar-refractivity contribution >= 4 is 5.91 Å². The molecule has 4 heteroatoms. The van der Waals surface area contributed by atoms with Crippen molar-refractivity contribution in [3.8, 4) is 11.5 Å². The lowest BCUT2D eigenvalue weighted by Crippen LogP contribution is -2.41. The predicted molar refractivity (Wildman–Crippen MR) is 88.9 cm³/mol. The van der Waals surface area contributed by atoms with Crippen molar-refractivity contribution in [2.75, 3.05) is 13.7 Å². The zero-order chi connectivity index (χ0) is 16.1. The van der Waals surface area contributed by atoms with Crippen molar-refractivity contribution in [1.29, 1.82) is 0 Å². The van der Waals surface area contributed by atoms with Gasteiger partial charge in [-0.1, -0.05) is 42.5 Å². The molecule has 0 bridgehead atoms. The summed E-state index contributed by atoms with van der Waals surface area (Å²) in [6.07, 6.45) is 1.88. The third-order valence-corrected chi connectivity index (χ3v) is 4.06. The first-order valence-electron chi connectivity index (χ1n) is 7.92.